The lowest BCUT2D eigenvalue weighted by atomic mass is 9.91. The minimum Gasteiger partial charge on any atom is -0.493 e. The molecule has 0 heterocycles. The molecule has 0 spiro atoms. The van der Waals surface area contributed by atoms with Crippen molar-refractivity contribution in [3.05, 3.63) is 59.7 Å². The van der Waals surface area contributed by atoms with Crippen LogP contribution in [0.25, 0.3) is 0 Å². The van der Waals surface area contributed by atoms with Gasteiger partial charge in [0, 0.05) is 12.6 Å². The molecule has 0 aliphatic rings. The lowest BCUT2D eigenvalue weighted by Gasteiger charge is -2.24. The van der Waals surface area contributed by atoms with Gasteiger partial charge in [-0.15, -0.1) is 0 Å². The topological polar surface area (TPSA) is 56.8 Å². The van der Waals surface area contributed by atoms with Crippen LogP contribution < -0.4 is 14.8 Å². The summed E-state index contributed by atoms with van der Waals surface area (Å²) in [6.07, 6.45) is 0. The van der Waals surface area contributed by atoms with E-state index in [0.29, 0.717) is 24.7 Å². The number of methoxy groups -OCH3 is 2. The van der Waals surface area contributed by atoms with Gasteiger partial charge < -0.3 is 19.5 Å². The minimum absolute atomic E-state index is 0.118. The van der Waals surface area contributed by atoms with Gasteiger partial charge in [0.1, 0.15) is 0 Å². The molecule has 0 amide bonds. The van der Waals surface area contributed by atoms with Crippen molar-refractivity contribution in [1.29, 1.82) is 0 Å². The summed E-state index contributed by atoms with van der Waals surface area (Å²) in [5, 5.41) is 3.43. The predicted molar refractivity (Wildman–Crippen MR) is 102 cm³/mol. The van der Waals surface area contributed by atoms with Crippen LogP contribution in [0, 0.1) is 0 Å². The van der Waals surface area contributed by atoms with Crippen molar-refractivity contribution in [2.24, 2.45) is 0 Å². The number of hydrogen-bond donors (Lipinski definition) is 1. The van der Waals surface area contributed by atoms with Crippen LogP contribution in [0.5, 0.6) is 11.5 Å². The molecule has 2 unspecified atom stereocenters. The Balaban J connectivity index is 2.23. The number of nitrogens with one attached hydrogen (secondary N) is 1. The standard InChI is InChI=1S/C21H27NO4/c1-5-26-21(23)20(15(2)22-14-16-9-7-6-8-10-16)17-11-12-18(24-3)19(13-17)25-4/h6-13,15,20,22H,5,14H2,1-4H3. The molecule has 2 aromatic carbocycles. The molecule has 2 rings (SSSR count). The van der Waals surface area contributed by atoms with E-state index in [1.54, 1.807) is 14.2 Å². The summed E-state index contributed by atoms with van der Waals surface area (Å²) < 4.78 is 16.0. The Labute approximate surface area is 155 Å². The largest absolute Gasteiger partial charge is 0.493 e. The molecule has 5 nitrogen and oxygen atoms in total. The Hall–Kier alpha value is -2.53. The average Bonchev–Trinajstić information content (AvgIpc) is 2.67. The maximum absolute atomic E-state index is 12.6. The van der Waals surface area contributed by atoms with Gasteiger partial charge in [-0.05, 0) is 37.1 Å². The van der Waals surface area contributed by atoms with Crippen molar-refractivity contribution in [2.75, 3.05) is 20.8 Å². The molecule has 5 heteroatoms. The zero-order valence-corrected chi connectivity index (χ0v) is 15.8. The van der Waals surface area contributed by atoms with Gasteiger partial charge in [0.25, 0.3) is 0 Å². The molecule has 140 valence electrons. The highest BCUT2D eigenvalue weighted by molar-refractivity contribution is 5.79. The molecule has 2 aromatic rings. The zero-order valence-electron chi connectivity index (χ0n) is 15.8. The van der Waals surface area contributed by atoms with E-state index >= 15 is 0 Å². The van der Waals surface area contributed by atoms with Gasteiger partial charge in [0.05, 0.1) is 26.7 Å². The number of carbonyl (C=O) groups excluding carboxylic acids is 1. The fourth-order valence-corrected chi connectivity index (χ4v) is 2.90. The third-order valence-corrected chi connectivity index (χ3v) is 4.28. The van der Waals surface area contributed by atoms with Gasteiger partial charge in [0.2, 0.25) is 0 Å². The first kappa shape index (κ1) is 19.8. The van der Waals surface area contributed by atoms with Crippen molar-refractivity contribution in [3.8, 4) is 11.5 Å². The predicted octanol–water partition coefficient (Wildman–Crippen LogP) is 3.53. The van der Waals surface area contributed by atoms with Crippen LogP contribution >= 0.6 is 0 Å². The van der Waals surface area contributed by atoms with Crippen molar-refractivity contribution in [3.63, 3.8) is 0 Å². The Morgan fingerprint density at radius 2 is 1.73 bits per heavy atom. The molecule has 0 aliphatic heterocycles. The number of esters is 1. The molecule has 0 aromatic heterocycles. The van der Waals surface area contributed by atoms with Gasteiger partial charge in [-0.25, -0.2) is 0 Å². The second kappa shape index (κ2) is 9.82. The summed E-state index contributed by atoms with van der Waals surface area (Å²) in [6, 6.07) is 15.5. The van der Waals surface area contributed by atoms with E-state index in [1.807, 2.05) is 50.2 Å². The highest BCUT2D eigenvalue weighted by Crippen LogP contribution is 2.32. The number of hydrogen-bond acceptors (Lipinski definition) is 5. The summed E-state index contributed by atoms with van der Waals surface area (Å²) in [5.74, 6) is 0.518. The Bertz CT molecular complexity index is 702. The quantitative estimate of drug-likeness (QED) is 0.696. The zero-order chi connectivity index (χ0) is 18.9. The van der Waals surface area contributed by atoms with Crippen molar-refractivity contribution in [2.45, 2.75) is 32.4 Å². The summed E-state index contributed by atoms with van der Waals surface area (Å²) in [5.41, 5.74) is 1.99. The van der Waals surface area contributed by atoms with Crippen molar-refractivity contribution >= 4 is 5.97 Å². The third-order valence-electron chi connectivity index (χ3n) is 4.28. The van der Waals surface area contributed by atoms with Crippen LogP contribution in [0.4, 0.5) is 0 Å². The fourth-order valence-electron chi connectivity index (χ4n) is 2.90. The molecule has 26 heavy (non-hydrogen) atoms. The monoisotopic (exact) mass is 357 g/mol. The molecule has 2 atom stereocenters. The maximum atomic E-state index is 12.6. The SMILES string of the molecule is CCOC(=O)C(c1ccc(OC)c(OC)c1)C(C)NCc1ccccc1. The van der Waals surface area contributed by atoms with E-state index < -0.39 is 5.92 Å². The van der Waals surface area contributed by atoms with Crippen LogP contribution in [0.3, 0.4) is 0 Å². The first-order valence-electron chi connectivity index (χ1n) is 8.76. The van der Waals surface area contributed by atoms with Crippen molar-refractivity contribution in [1.82, 2.24) is 5.32 Å². The minimum atomic E-state index is -0.446. The van der Waals surface area contributed by atoms with Gasteiger partial charge in [0.15, 0.2) is 11.5 Å². The summed E-state index contributed by atoms with van der Waals surface area (Å²) in [7, 11) is 3.17. The van der Waals surface area contributed by atoms with Gasteiger partial charge in [-0.2, -0.15) is 0 Å². The molecule has 1 N–H and O–H groups in total. The fraction of sp³-hybridized carbons (Fsp3) is 0.381. The number of rotatable bonds is 9. The lowest BCUT2D eigenvalue weighted by molar-refractivity contribution is -0.145. The number of carbonyl (C=O) groups is 1. The molecule has 0 saturated heterocycles. The van der Waals surface area contributed by atoms with E-state index in [2.05, 4.69) is 17.4 Å². The smallest absolute Gasteiger partial charge is 0.314 e. The van der Waals surface area contributed by atoms with E-state index in [-0.39, 0.29) is 12.0 Å². The van der Waals surface area contributed by atoms with E-state index in [1.165, 1.54) is 0 Å². The van der Waals surface area contributed by atoms with Crippen LogP contribution in [-0.4, -0.2) is 32.8 Å². The second-order valence-electron chi connectivity index (χ2n) is 6.00. The Morgan fingerprint density at radius 1 is 1.04 bits per heavy atom. The maximum Gasteiger partial charge on any atom is 0.314 e. The summed E-state index contributed by atoms with van der Waals surface area (Å²) in [6.45, 7) is 4.81. The van der Waals surface area contributed by atoms with Gasteiger partial charge in [-0.1, -0.05) is 36.4 Å². The van der Waals surface area contributed by atoms with E-state index in [9.17, 15) is 4.79 Å². The molecule has 0 saturated carbocycles. The molecule has 0 aliphatic carbocycles. The third kappa shape index (κ3) is 4.99. The number of ether oxygens (including phenoxy) is 3. The molecular weight excluding hydrogens is 330 g/mol. The van der Waals surface area contributed by atoms with Gasteiger partial charge >= 0.3 is 5.97 Å². The highest BCUT2D eigenvalue weighted by atomic mass is 16.5. The summed E-state index contributed by atoms with van der Waals surface area (Å²) >= 11 is 0. The van der Waals surface area contributed by atoms with Crippen LogP contribution in [-0.2, 0) is 16.1 Å². The molecule has 0 bridgehead atoms. The normalized spacial score (nSPS) is 12.9. The van der Waals surface area contributed by atoms with Gasteiger partial charge in [-0.3, -0.25) is 4.79 Å². The molecule has 0 radical (unpaired) electrons. The Morgan fingerprint density at radius 3 is 2.35 bits per heavy atom. The van der Waals surface area contributed by atoms with Crippen molar-refractivity contribution < 1.29 is 19.0 Å². The van der Waals surface area contributed by atoms with E-state index in [0.717, 1.165) is 11.1 Å². The molecular formula is C21H27NO4. The first-order valence-corrected chi connectivity index (χ1v) is 8.76. The van der Waals surface area contributed by atoms with Crippen LogP contribution in [0.2, 0.25) is 0 Å². The average molecular weight is 357 g/mol. The lowest BCUT2D eigenvalue weighted by Crippen LogP contribution is -2.36. The number of benzene rings is 2. The van der Waals surface area contributed by atoms with E-state index in [4.69, 9.17) is 14.2 Å². The Kier molecular flexibility index (Phi) is 7.48. The second-order valence-corrected chi connectivity index (χ2v) is 6.00. The summed E-state index contributed by atoms with van der Waals surface area (Å²) in [4.78, 5) is 12.6. The first-order chi connectivity index (χ1) is 12.6. The highest BCUT2D eigenvalue weighted by Gasteiger charge is 2.29. The molecule has 0 fully saturated rings. The van der Waals surface area contributed by atoms with Crippen LogP contribution in [0.15, 0.2) is 48.5 Å². The van der Waals surface area contributed by atoms with Crippen LogP contribution in [0.1, 0.15) is 30.9 Å².